The number of carbonyl (C=O) groups excluding carboxylic acids is 2. The lowest BCUT2D eigenvalue weighted by Crippen LogP contribution is -2.12. The molecule has 86 valence electrons. The van der Waals surface area contributed by atoms with E-state index in [0.717, 1.165) is 5.56 Å². The Balaban J connectivity index is 2.72. The first-order valence-corrected chi connectivity index (χ1v) is 4.86. The second kappa shape index (κ2) is 4.79. The molecule has 0 spiro atoms. The molecule has 1 aromatic rings. The van der Waals surface area contributed by atoms with E-state index in [9.17, 15) is 9.59 Å². The van der Waals surface area contributed by atoms with Gasteiger partial charge in [0.2, 0.25) is 0 Å². The first-order chi connectivity index (χ1) is 7.43. The topological polar surface area (TPSA) is 52.6 Å². The van der Waals surface area contributed by atoms with Crippen molar-refractivity contribution in [2.75, 3.05) is 0 Å². The van der Waals surface area contributed by atoms with Crippen LogP contribution in [0.1, 0.15) is 26.3 Å². The predicted molar refractivity (Wildman–Crippen MR) is 58.3 cm³/mol. The summed E-state index contributed by atoms with van der Waals surface area (Å²) in [6.07, 6.45) is -1.03. The van der Waals surface area contributed by atoms with E-state index in [0.29, 0.717) is 5.75 Å². The summed E-state index contributed by atoms with van der Waals surface area (Å²) >= 11 is 0. The van der Waals surface area contributed by atoms with Gasteiger partial charge in [-0.1, -0.05) is 32.9 Å². The highest BCUT2D eigenvalue weighted by Gasteiger charge is 2.13. The van der Waals surface area contributed by atoms with Crippen LogP contribution in [-0.4, -0.2) is 12.6 Å². The van der Waals surface area contributed by atoms with E-state index < -0.39 is 6.16 Å². The fourth-order valence-electron chi connectivity index (χ4n) is 1.18. The normalized spacial score (nSPS) is 10.7. The Labute approximate surface area is 94.2 Å². The SMILES string of the molecule is CC(C)(C)c1ccc(OC(=O)OC=O)cc1. The molecule has 0 N–H and O–H groups in total. The maximum Gasteiger partial charge on any atom is 0.521 e. The van der Waals surface area contributed by atoms with Gasteiger partial charge in [-0.2, -0.15) is 0 Å². The third-order valence-corrected chi connectivity index (χ3v) is 2.07. The molecule has 0 aromatic heterocycles. The Bertz CT molecular complexity index is 373. The first-order valence-electron chi connectivity index (χ1n) is 4.86. The molecular weight excluding hydrogens is 208 g/mol. The Morgan fingerprint density at radius 2 is 1.75 bits per heavy atom. The summed E-state index contributed by atoms with van der Waals surface area (Å²) in [5.74, 6) is 0.347. The van der Waals surface area contributed by atoms with Gasteiger partial charge in [0, 0.05) is 0 Å². The molecule has 0 aliphatic carbocycles. The number of rotatable bonds is 2. The number of hydrogen-bond acceptors (Lipinski definition) is 4. The number of benzene rings is 1. The van der Waals surface area contributed by atoms with Crippen LogP contribution < -0.4 is 4.74 Å². The lowest BCUT2D eigenvalue weighted by atomic mass is 9.87. The van der Waals surface area contributed by atoms with Crippen LogP contribution in [0.15, 0.2) is 24.3 Å². The molecule has 1 rings (SSSR count). The maximum atomic E-state index is 10.8. The van der Waals surface area contributed by atoms with Gasteiger partial charge in [0.25, 0.3) is 0 Å². The van der Waals surface area contributed by atoms with Gasteiger partial charge in [-0.25, -0.2) is 4.79 Å². The van der Waals surface area contributed by atoms with Gasteiger partial charge in [0.05, 0.1) is 0 Å². The highest BCUT2D eigenvalue weighted by Crippen LogP contribution is 2.24. The van der Waals surface area contributed by atoms with Gasteiger partial charge >= 0.3 is 12.6 Å². The lowest BCUT2D eigenvalue weighted by Gasteiger charge is -2.18. The molecule has 4 nitrogen and oxygen atoms in total. The van der Waals surface area contributed by atoms with Gasteiger partial charge in [0.15, 0.2) is 0 Å². The van der Waals surface area contributed by atoms with Crippen molar-refractivity contribution in [3.63, 3.8) is 0 Å². The molecule has 0 saturated carbocycles. The number of carbonyl (C=O) groups is 2. The van der Waals surface area contributed by atoms with E-state index in [2.05, 4.69) is 25.5 Å². The largest absolute Gasteiger partial charge is 0.521 e. The average molecular weight is 222 g/mol. The summed E-state index contributed by atoms with van der Waals surface area (Å²) in [6, 6.07) is 7.05. The molecule has 0 atom stereocenters. The molecule has 4 heteroatoms. The van der Waals surface area contributed by atoms with Crippen LogP contribution in [-0.2, 0) is 14.9 Å². The molecule has 0 aliphatic heterocycles. The van der Waals surface area contributed by atoms with Gasteiger partial charge < -0.3 is 9.47 Å². The second-order valence-corrected chi connectivity index (χ2v) is 4.34. The van der Waals surface area contributed by atoms with Crippen molar-refractivity contribution in [2.24, 2.45) is 0 Å². The van der Waals surface area contributed by atoms with Crippen LogP contribution in [0.2, 0.25) is 0 Å². The second-order valence-electron chi connectivity index (χ2n) is 4.34. The molecule has 0 heterocycles. The Morgan fingerprint density at radius 3 is 2.19 bits per heavy atom. The third kappa shape index (κ3) is 3.38. The molecule has 0 amide bonds. The molecule has 0 bridgehead atoms. The van der Waals surface area contributed by atoms with E-state index in [1.54, 1.807) is 12.1 Å². The Kier molecular flexibility index (Phi) is 3.66. The summed E-state index contributed by atoms with van der Waals surface area (Å²) in [5, 5.41) is 0. The third-order valence-electron chi connectivity index (χ3n) is 2.07. The Morgan fingerprint density at radius 1 is 1.19 bits per heavy atom. The van der Waals surface area contributed by atoms with Crippen molar-refractivity contribution in [3.8, 4) is 5.75 Å². The van der Waals surface area contributed by atoms with Gasteiger partial charge in [-0.15, -0.1) is 0 Å². The first kappa shape index (κ1) is 12.2. The molecule has 16 heavy (non-hydrogen) atoms. The lowest BCUT2D eigenvalue weighted by molar-refractivity contribution is -0.124. The Hall–Kier alpha value is -1.84. The minimum absolute atomic E-state index is 0.0336. The standard InChI is InChI=1S/C12H14O4/c1-12(2,3)9-4-6-10(7-5-9)16-11(14)15-8-13/h4-8H,1-3H3. The van der Waals surface area contributed by atoms with Crippen molar-refractivity contribution in [1.82, 2.24) is 0 Å². The fourth-order valence-corrected chi connectivity index (χ4v) is 1.18. The van der Waals surface area contributed by atoms with E-state index in [-0.39, 0.29) is 11.9 Å². The average Bonchev–Trinajstić information content (AvgIpc) is 2.17. The van der Waals surface area contributed by atoms with Crippen molar-refractivity contribution < 1.29 is 19.1 Å². The quantitative estimate of drug-likeness (QED) is 0.334. The van der Waals surface area contributed by atoms with E-state index >= 15 is 0 Å². The van der Waals surface area contributed by atoms with Crippen LogP contribution >= 0.6 is 0 Å². The predicted octanol–water partition coefficient (Wildman–Crippen LogP) is 2.66. The van der Waals surface area contributed by atoms with Crippen molar-refractivity contribution in [3.05, 3.63) is 29.8 Å². The van der Waals surface area contributed by atoms with Crippen molar-refractivity contribution in [2.45, 2.75) is 26.2 Å². The molecular formula is C12H14O4. The summed E-state index contributed by atoms with van der Waals surface area (Å²) in [4.78, 5) is 20.7. The molecule has 0 aliphatic rings. The van der Waals surface area contributed by atoms with E-state index in [4.69, 9.17) is 4.74 Å². The molecule has 0 radical (unpaired) electrons. The summed E-state index contributed by atoms with van der Waals surface area (Å²) in [6.45, 7) is 6.29. The molecule has 0 fully saturated rings. The zero-order valence-electron chi connectivity index (χ0n) is 9.52. The highest BCUT2D eigenvalue weighted by atomic mass is 16.7. The molecule has 1 aromatic carbocycles. The van der Waals surface area contributed by atoms with Crippen molar-refractivity contribution >= 4 is 12.6 Å². The molecule has 0 unspecified atom stereocenters. The summed E-state index contributed by atoms with van der Waals surface area (Å²) < 4.78 is 8.73. The molecule has 0 saturated heterocycles. The van der Waals surface area contributed by atoms with E-state index in [1.807, 2.05) is 12.1 Å². The van der Waals surface area contributed by atoms with Crippen LogP contribution in [0.3, 0.4) is 0 Å². The van der Waals surface area contributed by atoms with Crippen LogP contribution in [0.5, 0.6) is 5.75 Å². The minimum atomic E-state index is -1.03. The zero-order chi connectivity index (χ0) is 12.2. The van der Waals surface area contributed by atoms with Crippen LogP contribution in [0.4, 0.5) is 4.79 Å². The number of ether oxygens (including phenoxy) is 2. The van der Waals surface area contributed by atoms with Crippen LogP contribution in [0, 0.1) is 0 Å². The van der Waals surface area contributed by atoms with Gasteiger partial charge in [0.1, 0.15) is 5.75 Å². The number of hydrogen-bond donors (Lipinski definition) is 0. The zero-order valence-corrected chi connectivity index (χ0v) is 9.52. The van der Waals surface area contributed by atoms with Crippen molar-refractivity contribution in [1.29, 1.82) is 0 Å². The minimum Gasteiger partial charge on any atom is -0.395 e. The van der Waals surface area contributed by atoms with Gasteiger partial charge in [-0.3, -0.25) is 4.79 Å². The summed E-state index contributed by atoms with van der Waals surface area (Å²) in [5.41, 5.74) is 1.17. The highest BCUT2D eigenvalue weighted by molar-refractivity contribution is 5.71. The van der Waals surface area contributed by atoms with Crippen LogP contribution in [0.25, 0.3) is 0 Å². The smallest absolute Gasteiger partial charge is 0.395 e. The van der Waals surface area contributed by atoms with E-state index in [1.165, 1.54) is 0 Å². The fraction of sp³-hybridized carbons (Fsp3) is 0.333. The van der Waals surface area contributed by atoms with Gasteiger partial charge in [-0.05, 0) is 23.1 Å². The summed E-state index contributed by atoms with van der Waals surface area (Å²) in [7, 11) is 0. The maximum absolute atomic E-state index is 10.8. The monoisotopic (exact) mass is 222 g/mol.